The summed E-state index contributed by atoms with van der Waals surface area (Å²) in [6, 6.07) is 8.34. The number of nitrogens with one attached hydrogen (secondary N) is 2. The summed E-state index contributed by atoms with van der Waals surface area (Å²) in [6.45, 7) is 3.52. The van der Waals surface area contributed by atoms with E-state index in [2.05, 4.69) is 28.8 Å². The summed E-state index contributed by atoms with van der Waals surface area (Å²) >= 11 is 0. The second kappa shape index (κ2) is 7.62. The second-order valence-electron chi connectivity index (χ2n) is 5.95. The van der Waals surface area contributed by atoms with Crippen molar-refractivity contribution in [3.05, 3.63) is 30.0 Å². The molecule has 1 atom stereocenters. The minimum atomic E-state index is 0.474. The van der Waals surface area contributed by atoms with Crippen molar-refractivity contribution >= 4 is 16.6 Å². The van der Waals surface area contributed by atoms with Gasteiger partial charge in [-0.3, -0.25) is 0 Å². The van der Waals surface area contributed by atoms with Gasteiger partial charge < -0.3 is 20.1 Å². The van der Waals surface area contributed by atoms with Gasteiger partial charge in [-0.1, -0.05) is 0 Å². The fraction of sp³-hybridized carbons (Fsp3) is 0.500. The number of pyridine rings is 1. The molecule has 0 amide bonds. The first-order valence-corrected chi connectivity index (χ1v) is 8.24. The normalized spacial score (nSPS) is 18.1. The second-order valence-corrected chi connectivity index (χ2v) is 5.95. The van der Waals surface area contributed by atoms with Crippen molar-refractivity contribution in [1.29, 1.82) is 0 Å². The molecule has 0 unspecified atom stereocenters. The summed E-state index contributed by atoms with van der Waals surface area (Å²) in [5.74, 6) is 2.28. The molecule has 0 spiro atoms. The number of nitrogens with zero attached hydrogens (tertiary/aromatic N) is 1. The zero-order valence-electron chi connectivity index (χ0n) is 13.9. The van der Waals surface area contributed by atoms with Gasteiger partial charge in [0.2, 0.25) is 0 Å². The summed E-state index contributed by atoms with van der Waals surface area (Å²) in [5, 5.41) is 9.17. The van der Waals surface area contributed by atoms with E-state index < -0.39 is 0 Å². The first-order valence-electron chi connectivity index (χ1n) is 8.24. The number of rotatable bonds is 6. The lowest BCUT2D eigenvalue weighted by Crippen LogP contribution is -2.29. The zero-order valence-corrected chi connectivity index (χ0v) is 13.9. The fourth-order valence-corrected chi connectivity index (χ4v) is 3.10. The highest BCUT2D eigenvalue weighted by Gasteiger charge is 2.18. The molecule has 0 radical (unpaired) electrons. The van der Waals surface area contributed by atoms with E-state index in [0.717, 1.165) is 42.3 Å². The summed E-state index contributed by atoms with van der Waals surface area (Å²) in [5.41, 5.74) is 1.15. The molecular weight excluding hydrogens is 290 g/mol. The van der Waals surface area contributed by atoms with Gasteiger partial charge in [-0.2, -0.15) is 0 Å². The molecule has 3 rings (SSSR count). The van der Waals surface area contributed by atoms with Crippen LogP contribution in [-0.4, -0.2) is 45.4 Å². The number of anilines is 1. The van der Waals surface area contributed by atoms with Gasteiger partial charge >= 0.3 is 0 Å². The molecule has 1 fully saturated rings. The van der Waals surface area contributed by atoms with Gasteiger partial charge in [-0.25, -0.2) is 4.98 Å². The molecule has 1 aliphatic rings. The quantitative estimate of drug-likeness (QED) is 0.803. The third kappa shape index (κ3) is 3.74. The van der Waals surface area contributed by atoms with Crippen molar-refractivity contribution in [1.82, 2.24) is 10.3 Å². The van der Waals surface area contributed by atoms with E-state index in [1.165, 1.54) is 18.2 Å². The van der Waals surface area contributed by atoms with Crippen molar-refractivity contribution in [2.24, 2.45) is 0 Å². The first kappa shape index (κ1) is 16.0. The zero-order chi connectivity index (χ0) is 16.1. The molecule has 1 saturated heterocycles. The highest BCUT2D eigenvalue weighted by atomic mass is 16.5. The average Bonchev–Trinajstić information content (AvgIpc) is 2.62. The van der Waals surface area contributed by atoms with Crippen LogP contribution in [0.2, 0.25) is 0 Å². The molecular formula is C18H25N3O2. The highest BCUT2D eigenvalue weighted by molar-refractivity contribution is 5.93. The van der Waals surface area contributed by atoms with E-state index in [1.807, 2.05) is 6.07 Å². The number of hydrogen-bond donors (Lipinski definition) is 2. The molecule has 0 aliphatic carbocycles. The first-order chi connectivity index (χ1) is 11.3. The van der Waals surface area contributed by atoms with E-state index in [1.54, 1.807) is 14.2 Å². The fourth-order valence-electron chi connectivity index (χ4n) is 3.10. The molecule has 1 aliphatic heterocycles. The smallest absolute Gasteiger partial charge is 0.134 e. The van der Waals surface area contributed by atoms with E-state index >= 15 is 0 Å². The Morgan fingerprint density at radius 3 is 2.96 bits per heavy atom. The minimum absolute atomic E-state index is 0.474. The molecule has 2 heterocycles. The Morgan fingerprint density at radius 1 is 1.30 bits per heavy atom. The maximum Gasteiger partial charge on any atom is 0.134 e. The van der Waals surface area contributed by atoms with Gasteiger partial charge in [0.15, 0.2) is 0 Å². The van der Waals surface area contributed by atoms with Crippen LogP contribution < -0.4 is 15.4 Å². The van der Waals surface area contributed by atoms with Crippen molar-refractivity contribution in [2.75, 3.05) is 45.8 Å². The molecule has 5 nitrogen and oxygen atoms in total. The predicted octanol–water partition coefficient (Wildman–Crippen LogP) is 2.77. The van der Waals surface area contributed by atoms with Crippen molar-refractivity contribution < 1.29 is 9.47 Å². The molecule has 0 saturated carbocycles. The Balaban J connectivity index is 1.98. The van der Waals surface area contributed by atoms with Crippen LogP contribution in [0.5, 0.6) is 5.75 Å². The molecule has 2 aromatic rings. The topological polar surface area (TPSA) is 55.4 Å². The third-order valence-corrected chi connectivity index (χ3v) is 4.37. The van der Waals surface area contributed by atoms with Crippen LogP contribution in [0, 0.1) is 0 Å². The number of benzene rings is 1. The molecule has 124 valence electrons. The Kier molecular flexibility index (Phi) is 5.31. The van der Waals surface area contributed by atoms with Gasteiger partial charge in [0, 0.05) is 37.2 Å². The number of piperidine rings is 1. The van der Waals surface area contributed by atoms with E-state index in [4.69, 9.17) is 14.5 Å². The molecule has 0 bridgehead atoms. The highest BCUT2D eigenvalue weighted by Crippen LogP contribution is 2.31. The predicted molar refractivity (Wildman–Crippen MR) is 93.5 cm³/mol. The lowest BCUT2D eigenvalue weighted by molar-refractivity contribution is 0.210. The number of hydrogen-bond acceptors (Lipinski definition) is 5. The monoisotopic (exact) mass is 315 g/mol. The molecule has 23 heavy (non-hydrogen) atoms. The Labute approximate surface area is 137 Å². The van der Waals surface area contributed by atoms with E-state index in [9.17, 15) is 0 Å². The molecule has 5 heteroatoms. The standard InChI is InChI=1S/C18H25N3O2/c1-22-9-8-20-18-16-6-5-15(23-2)10-14(16)11-17(21-18)13-4-3-7-19-12-13/h5-6,10-11,13,19H,3-4,7-9,12H2,1-2H3,(H,20,21)/t13-/m0/s1. The third-order valence-electron chi connectivity index (χ3n) is 4.37. The number of aromatic nitrogens is 1. The van der Waals surface area contributed by atoms with E-state index in [-0.39, 0.29) is 0 Å². The SMILES string of the molecule is COCCNc1nc([C@H]2CCCNC2)cc2cc(OC)ccc12. The van der Waals surface area contributed by atoms with Gasteiger partial charge in [0.1, 0.15) is 11.6 Å². The molecule has 1 aromatic carbocycles. The largest absolute Gasteiger partial charge is 0.497 e. The van der Waals surface area contributed by atoms with Gasteiger partial charge in [-0.15, -0.1) is 0 Å². The Hall–Kier alpha value is -1.85. The van der Waals surface area contributed by atoms with Crippen LogP contribution in [0.3, 0.4) is 0 Å². The summed E-state index contributed by atoms with van der Waals surface area (Å²) in [4.78, 5) is 4.90. The number of methoxy groups -OCH3 is 2. The summed E-state index contributed by atoms with van der Waals surface area (Å²) in [7, 11) is 3.41. The van der Waals surface area contributed by atoms with Gasteiger partial charge in [-0.05, 0) is 49.0 Å². The van der Waals surface area contributed by atoms with Crippen LogP contribution in [0.4, 0.5) is 5.82 Å². The Bertz CT molecular complexity index is 654. The van der Waals surface area contributed by atoms with Crippen LogP contribution in [-0.2, 0) is 4.74 Å². The van der Waals surface area contributed by atoms with Crippen LogP contribution >= 0.6 is 0 Å². The maximum absolute atomic E-state index is 5.37. The van der Waals surface area contributed by atoms with Crippen LogP contribution in [0.15, 0.2) is 24.3 Å². The van der Waals surface area contributed by atoms with Crippen LogP contribution in [0.1, 0.15) is 24.5 Å². The lowest BCUT2D eigenvalue weighted by atomic mass is 9.94. The molecule has 2 N–H and O–H groups in total. The van der Waals surface area contributed by atoms with Gasteiger partial charge in [0.05, 0.1) is 13.7 Å². The Morgan fingerprint density at radius 2 is 2.22 bits per heavy atom. The lowest BCUT2D eigenvalue weighted by Gasteiger charge is -2.23. The average molecular weight is 315 g/mol. The van der Waals surface area contributed by atoms with Gasteiger partial charge in [0.25, 0.3) is 0 Å². The minimum Gasteiger partial charge on any atom is -0.497 e. The summed E-state index contributed by atoms with van der Waals surface area (Å²) < 4.78 is 10.5. The van der Waals surface area contributed by atoms with Crippen molar-refractivity contribution in [3.63, 3.8) is 0 Å². The van der Waals surface area contributed by atoms with Crippen molar-refractivity contribution in [3.8, 4) is 5.75 Å². The number of ether oxygens (including phenoxy) is 2. The van der Waals surface area contributed by atoms with E-state index in [0.29, 0.717) is 12.5 Å². The maximum atomic E-state index is 5.37. The summed E-state index contributed by atoms with van der Waals surface area (Å²) in [6.07, 6.45) is 2.39. The number of fused-ring (bicyclic) bond motifs is 1. The molecule has 1 aromatic heterocycles. The van der Waals surface area contributed by atoms with Crippen molar-refractivity contribution in [2.45, 2.75) is 18.8 Å². The van der Waals surface area contributed by atoms with Crippen LogP contribution in [0.25, 0.3) is 10.8 Å².